The van der Waals surface area contributed by atoms with Gasteiger partial charge in [0.05, 0.1) is 4.90 Å². The van der Waals surface area contributed by atoms with Gasteiger partial charge in [-0.3, -0.25) is 14.3 Å². The van der Waals surface area contributed by atoms with Crippen LogP contribution in [0, 0.1) is 6.92 Å². The third-order valence-electron chi connectivity index (χ3n) is 5.41. The highest BCUT2D eigenvalue weighted by atomic mass is 32.2. The number of nitrogens with one attached hydrogen (secondary N) is 2. The van der Waals surface area contributed by atoms with E-state index in [1.165, 1.54) is 0 Å². The summed E-state index contributed by atoms with van der Waals surface area (Å²) < 4.78 is 32.8. The number of rotatable bonds is 9. The molecule has 2 aromatic carbocycles. The molecule has 1 atom stereocenters. The number of nitrogens with zero attached hydrogens (tertiary/aromatic N) is 1. The zero-order chi connectivity index (χ0) is 23.1. The summed E-state index contributed by atoms with van der Waals surface area (Å²) >= 11 is 0. The Kier molecular flexibility index (Phi) is 7.87. The number of hydrogen-bond acceptors (Lipinski definition) is 5. The summed E-state index contributed by atoms with van der Waals surface area (Å²) in [6, 6.07) is 12.5. The molecule has 2 amide bonds. The third kappa shape index (κ3) is 5.66. The predicted molar refractivity (Wildman–Crippen MR) is 122 cm³/mol. The lowest BCUT2D eigenvalue weighted by molar-refractivity contribution is -0.124. The van der Waals surface area contributed by atoms with Gasteiger partial charge in [0.15, 0.2) is 0 Å². The maximum Gasteiger partial charge on any atom is 0.262 e. The first-order valence-corrected chi connectivity index (χ1v) is 12.1. The van der Waals surface area contributed by atoms with E-state index in [-0.39, 0.29) is 16.7 Å². The van der Waals surface area contributed by atoms with Crippen LogP contribution in [0.15, 0.2) is 53.4 Å². The van der Waals surface area contributed by atoms with Crippen molar-refractivity contribution < 1.29 is 22.7 Å². The van der Waals surface area contributed by atoms with Crippen molar-refractivity contribution in [2.75, 3.05) is 31.5 Å². The van der Waals surface area contributed by atoms with Crippen LogP contribution < -0.4 is 10.0 Å². The molecule has 2 N–H and O–H groups in total. The summed E-state index contributed by atoms with van der Waals surface area (Å²) in [5.41, 5.74) is 1.41. The standard InChI is InChI=1S/C23H29N3O5S/c1-17-7-3-4-9-21(17)32(29,30)25-19-12-10-18(11-13-19)23(28)26-15-5-8-20(26)22(27)24-14-6-16-31-2/h3-4,7,9-13,20,25H,5-6,8,14-16H2,1-2H3,(H,24,27)/t20-/m1/s1. The Labute approximate surface area is 189 Å². The SMILES string of the molecule is COCCCNC(=O)[C@H]1CCCN1C(=O)c1ccc(NS(=O)(=O)c2ccccc2C)cc1. The predicted octanol–water partition coefficient (Wildman–Crippen LogP) is 2.55. The van der Waals surface area contributed by atoms with Crippen molar-refractivity contribution >= 4 is 27.5 Å². The zero-order valence-corrected chi connectivity index (χ0v) is 19.2. The maximum absolute atomic E-state index is 13.0. The van der Waals surface area contributed by atoms with Gasteiger partial charge in [-0.05, 0) is 62.1 Å². The first-order valence-electron chi connectivity index (χ1n) is 10.6. The number of sulfonamides is 1. The molecule has 1 fully saturated rings. The summed E-state index contributed by atoms with van der Waals surface area (Å²) in [4.78, 5) is 27.3. The molecule has 2 aromatic rings. The highest BCUT2D eigenvalue weighted by molar-refractivity contribution is 7.92. The molecule has 3 rings (SSSR count). The molecule has 1 aliphatic heterocycles. The molecular weight excluding hydrogens is 430 g/mol. The van der Waals surface area contributed by atoms with Gasteiger partial charge in [-0.15, -0.1) is 0 Å². The van der Waals surface area contributed by atoms with E-state index in [1.54, 1.807) is 67.5 Å². The Morgan fingerprint density at radius 3 is 2.53 bits per heavy atom. The van der Waals surface area contributed by atoms with E-state index in [4.69, 9.17) is 4.74 Å². The number of ether oxygens (including phenoxy) is 1. The van der Waals surface area contributed by atoms with Gasteiger partial charge in [0.25, 0.3) is 15.9 Å². The molecule has 0 radical (unpaired) electrons. The monoisotopic (exact) mass is 459 g/mol. The number of amides is 2. The van der Waals surface area contributed by atoms with Crippen LogP contribution in [0.25, 0.3) is 0 Å². The second-order valence-corrected chi connectivity index (χ2v) is 9.39. The number of carbonyl (C=O) groups is 2. The fourth-order valence-corrected chi connectivity index (χ4v) is 5.05. The molecule has 0 bridgehead atoms. The molecule has 8 nitrogen and oxygen atoms in total. The Morgan fingerprint density at radius 1 is 1.12 bits per heavy atom. The van der Waals surface area contributed by atoms with Crippen LogP contribution in [0.4, 0.5) is 5.69 Å². The smallest absolute Gasteiger partial charge is 0.262 e. The van der Waals surface area contributed by atoms with E-state index in [1.807, 2.05) is 0 Å². The van der Waals surface area contributed by atoms with Gasteiger partial charge in [-0.1, -0.05) is 18.2 Å². The molecule has 0 spiro atoms. The number of carbonyl (C=O) groups excluding carboxylic acids is 2. The molecule has 0 aliphatic carbocycles. The maximum atomic E-state index is 13.0. The topological polar surface area (TPSA) is 105 Å². The first-order chi connectivity index (χ1) is 15.3. The molecule has 1 saturated heterocycles. The lowest BCUT2D eigenvalue weighted by Crippen LogP contribution is -2.46. The summed E-state index contributed by atoms with van der Waals surface area (Å²) in [6.07, 6.45) is 2.09. The molecular formula is C23H29N3O5S. The first kappa shape index (κ1) is 23.7. The van der Waals surface area contributed by atoms with Crippen molar-refractivity contribution in [3.05, 3.63) is 59.7 Å². The number of hydrogen-bond donors (Lipinski definition) is 2. The summed E-state index contributed by atoms with van der Waals surface area (Å²) in [5.74, 6) is -0.401. The Morgan fingerprint density at radius 2 is 1.84 bits per heavy atom. The number of aryl methyl sites for hydroxylation is 1. The molecule has 9 heteroatoms. The van der Waals surface area contributed by atoms with Gasteiger partial charge >= 0.3 is 0 Å². The highest BCUT2D eigenvalue weighted by Crippen LogP contribution is 2.23. The minimum Gasteiger partial charge on any atom is -0.385 e. The van der Waals surface area contributed by atoms with Crippen molar-refractivity contribution in [2.45, 2.75) is 37.1 Å². The number of methoxy groups -OCH3 is 1. The van der Waals surface area contributed by atoms with Gasteiger partial charge in [-0.2, -0.15) is 0 Å². The number of anilines is 1. The van der Waals surface area contributed by atoms with Crippen LogP contribution in [0.1, 0.15) is 35.2 Å². The van der Waals surface area contributed by atoms with Crippen molar-refractivity contribution in [1.29, 1.82) is 0 Å². The highest BCUT2D eigenvalue weighted by Gasteiger charge is 2.34. The van der Waals surface area contributed by atoms with Gasteiger partial charge in [0.1, 0.15) is 6.04 Å². The minimum atomic E-state index is -3.73. The average Bonchev–Trinajstić information content (AvgIpc) is 3.26. The quantitative estimate of drug-likeness (QED) is 0.561. The van der Waals surface area contributed by atoms with Crippen LogP contribution >= 0.6 is 0 Å². The van der Waals surface area contributed by atoms with Crippen LogP contribution in [0.3, 0.4) is 0 Å². The van der Waals surface area contributed by atoms with E-state index in [0.29, 0.717) is 49.4 Å². The summed E-state index contributed by atoms with van der Waals surface area (Å²) in [6.45, 7) is 3.31. The Bertz CT molecular complexity index is 1050. The second-order valence-electron chi connectivity index (χ2n) is 7.74. The molecule has 0 aromatic heterocycles. The lowest BCUT2D eigenvalue weighted by atomic mass is 10.1. The van der Waals surface area contributed by atoms with E-state index >= 15 is 0 Å². The Balaban J connectivity index is 1.65. The second kappa shape index (κ2) is 10.6. The fraction of sp³-hybridized carbons (Fsp3) is 0.391. The Hall–Kier alpha value is -2.91. The largest absolute Gasteiger partial charge is 0.385 e. The van der Waals surface area contributed by atoms with Crippen molar-refractivity contribution in [1.82, 2.24) is 10.2 Å². The molecule has 1 aliphatic rings. The number of likely N-dealkylation sites (tertiary alicyclic amines) is 1. The van der Waals surface area contributed by atoms with Crippen molar-refractivity contribution in [3.8, 4) is 0 Å². The van der Waals surface area contributed by atoms with E-state index in [0.717, 1.165) is 6.42 Å². The van der Waals surface area contributed by atoms with Crippen molar-refractivity contribution in [3.63, 3.8) is 0 Å². The third-order valence-corrected chi connectivity index (χ3v) is 6.95. The molecule has 1 heterocycles. The van der Waals surface area contributed by atoms with E-state index in [9.17, 15) is 18.0 Å². The molecule has 0 saturated carbocycles. The van der Waals surface area contributed by atoms with Crippen molar-refractivity contribution in [2.24, 2.45) is 0 Å². The van der Waals surface area contributed by atoms with Crippen LogP contribution in [0.5, 0.6) is 0 Å². The fourth-order valence-electron chi connectivity index (χ4n) is 3.74. The normalized spacial score (nSPS) is 16.1. The van der Waals surface area contributed by atoms with Gasteiger partial charge in [0.2, 0.25) is 5.91 Å². The molecule has 32 heavy (non-hydrogen) atoms. The van der Waals surface area contributed by atoms with Gasteiger partial charge in [0, 0.05) is 38.1 Å². The van der Waals surface area contributed by atoms with Gasteiger partial charge < -0.3 is 15.0 Å². The van der Waals surface area contributed by atoms with E-state index in [2.05, 4.69) is 10.0 Å². The van der Waals surface area contributed by atoms with Crippen LogP contribution in [-0.2, 0) is 19.6 Å². The van der Waals surface area contributed by atoms with Crippen LogP contribution in [0.2, 0.25) is 0 Å². The van der Waals surface area contributed by atoms with Crippen LogP contribution in [-0.4, -0.2) is 58.0 Å². The number of benzene rings is 2. The summed E-state index contributed by atoms with van der Waals surface area (Å²) in [7, 11) is -2.12. The van der Waals surface area contributed by atoms with Gasteiger partial charge in [-0.25, -0.2) is 8.42 Å². The zero-order valence-electron chi connectivity index (χ0n) is 18.3. The summed E-state index contributed by atoms with van der Waals surface area (Å²) in [5, 5.41) is 2.86. The average molecular weight is 460 g/mol. The molecule has 0 unspecified atom stereocenters. The minimum absolute atomic E-state index is 0.158. The lowest BCUT2D eigenvalue weighted by Gasteiger charge is -2.24. The molecule has 172 valence electrons. The van der Waals surface area contributed by atoms with E-state index < -0.39 is 16.1 Å².